The topological polar surface area (TPSA) is 106 Å². The maximum absolute atomic E-state index is 12.2. The van der Waals surface area contributed by atoms with E-state index in [1.807, 2.05) is 35.8 Å². The Kier molecular flexibility index (Phi) is 5.46. The van der Waals surface area contributed by atoms with E-state index in [0.717, 1.165) is 22.4 Å². The quantitative estimate of drug-likeness (QED) is 0.491. The lowest BCUT2D eigenvalue weighted by Gasteiger charge is -2.05. The van der Waals surface area contributed by atoms with E-state index in [9.17, 15) is 9.59 Å². The van der Waals surface area contributed by atoms with Crippen molar-refractivity contribution in [2.24, 2.45) is 5.10 Å². The zero-order valence-corrected chi connectivity index (χ0v) is 14.6. The first-order valence-corrected chi connectivity index (χ1v) is 8.21. The van der Waals surface area contributed by atoms with E-state index in [1.165, 1.54) is 6.21 Å². The molecule has 0 saturated carbocycles. The second-order valence-electron chi connectivity index (χ2n) is 5.78. The summed E-state index contributed by atoms with van der Waals surface area (Å²) >= 11 is 0. The number of carbonyl (C=O) groups is 2. The first-order valence-electron chi connectivity index (χ1n) is 8.21. The van der Waals surface area contributed by atoms with E-state index >= 15 is 0 Å². The third kappa shape index (κ3) is 4.69. The summed E-state index contributed by atoms with van der Waals surface area (Å²) < 4.78 is 6.88. The highest BCUT2D eigenvalue weighted by Gasteiger charge is 2.09. The molecule has 0 aliphatic carbocycles. The lowest BCUT2D eigenvalue weighted by molar-refractivity contribution is -0.139. The molecule has 1 amide bonds. The third-order valence-electron chi connectivity index (χ3n) is 3.79. The number of carbonyl (C=O) groups excluding carboxylic acids is 1. The maximum atomic E-state index is 12.2. The van der Waals surface area contributed by atoms with Crippen LogP contribution >= 0.6 is 0 Å². The minimum atomic E-state index is -1.04. The van der Waals surface area contributed by atoms with Crippen molar-refractivity contribution >= 4 is 29.1 Å². The van der Waals surface area contributed by atoms with Gasteiger partial charge in [-0.05, 0) is 48.9 Å². The monoisotopic (exact) mass is 366 g/mol. The number of aryl methyl sites for hydroxylation is 1. The summed E-state index contributed by atoms with van der Waals surface area (Å²) in [5, 5.41) is 12.5. The number of hydrazone groups is 1. The first-order chi connectivity index (χ1) is 13.0. The lowest BCUT2D eigenvalue weighted by Crippen LogP contribution is -2.23. The molecule has 8 heteroatoms. The molecule has 27 heavy (non-hydrogen) atoms. The zero-order chi connectivity index (χ0) is 19.2. The Hall–Kier alpha value is -3.68. The lowest BCUT2D eigenvalue weighted by atomic mass is 10.2. The molecule has 0 aliphatic rings. The van der Waals surface area contributed by atoms with Gasteiger partial charge in [0.15, 0.2) is 6.61 Å². The number of nitrogens with zero attached hydrogens (tertiary/aromatic N) is 3. The minimum absolute atomic E-state index is 0.117. The number of aromatic nitrogens is 2. The molecule has 3 aromatic rings. The van der Waals surface area contributed by atoms with Crippen LogP contribution in [0.25, 0.3) is 11.0 Å². The summed E-state index contributed by atoms with van der Waals surface area (Å²) in [4.78, 5) is 27.0. The van der Waals surface area contributed by atoms with Gasteiger partial charge in [-0.1, -0.05) is 12.1 Å². The number of benzene rings is 2. The van der Waals surface area contributed by atoms with Crippen LogP contribution in [-0.4, -0.2) is 39.4 Å². The van der Waals surface area contributed by atoms with Crippen LogP contribution < -0.4 is 10.2 Å². The molecule has 1 heterocycles. The predicted octanol–water partition coefficient (Wildman–Crippen LogP) is 1.96. The molecule has 0 bridgehead atoms. The Morgan fingerprint density at radius 3 is 2.70 bits per heavy atom. The standard InChI is InChI=1S/C19H18N4O4/c1-13-21-16-4-2-3-5-17(16)23(13)11-18(24)22-20-10-14-6-8-15(9-7-14)27-12-19(25)26/h2-10H,11-12H2,1H3,(H,22,24)(H,25,26)/b20-10-. The van der Waals surface area contributed by atoms with Crippen LogP contribution in [0.5, 0.6) is 5.75 Å². The van der Waals surface area contributed by atoms with Crippen molar-refractivity contribution in [3.05, 3.63) is 59.9 Å². The summed E-state index contributed by atoms with van der Waals surface area (Å²) in [6.45, 7) is 1.57. The Balaban J connectivity index is 1.57. The summed E-state index contributed by atoms with van der Waals surface area (Å²) in [5.74, 6) is -0.100. The van der Waals surface area contributed by atoms with Gasteiger partial charge in [-0.2, -0.15) is 5.10 Å². The van der Waals surface area contributed by atoms with Gasteiger partial charge in [-0.3, -0.25) is 4.79 Å². The number of hydrogen-bond donors (Lipinski definition) is 2. The largest absolute Gasteiger partial charge is 0.482 e. The van der Waals surface area contributed by atoms with Crippen LogP contribution in [0.3, 0.4) is 0 Å². The van der Waals surface area contributed by atoms with Crippen LogP contribution in [-0.2, 0) is 16.1 Å². The van der Waals surface area contributed by atoms with E-state index in [-0.39, 0.29) is 12.5 Å². The number of imidazole rings is 1. The fourth-order valence-electron chi connectivity index (χ4n) is 2.55. The molecule has 2 aromatic carbocycles. The van der Waals surface area contributed by atoms with E-state index in [4.69, 9.17) is 9.84 Å². The number of hydrogen-bond acceptors (Lipinski definition) is 5. The Morgan fingerprint density at radius 1 is 1.22 bits per heavy atom. The van der Waals surface area contributed by atoms with Crippen molar-refractivity contribution in [2.75, 3.05) is 6.61 Å². The average Bonchev–Trinajstić information content (AvgIpc) is 2.96. The number of fused-ring (bicyclic) bond motifs is 1. The van der Waals surface area contributed by atoms with Gasteiger partial charge < -0.3 is 14.4 Å². The summed E-state index contributed by atoms with van der Waals surface area (Å²) in [6.07, 6.45) is 1.50. The average molecular weight is 366 g/mol. The van der Waals surface area contributed by atoms with Gasteiger partial charge >= 0.3 is 5.97 Å². The maximum Gasteiger partial charge on any atom is 0.341 e. The fourth-order valence-corrected chi connectivity index (χ4v) is 2.55. The van der Waals surface area contributed by atoms with E-state index < -0.39 is 12.6 Å². The number of nitrogens with one attached hydrogen (secondary N) is 1. The van der Waals surface area contributed by atoms with Crippen molar-refractivity contribution in [3.8, 4) is 5.75 Å². The number of rotatable bonds is 7. The number of amides is 1. The smallest absolute Gasteiger partial charge is 0.341 e. The van der Waals surface area contributed by atoms with Crippen molar-refractivity contribution in [3.63, 3.8) is 0 Å². The highest BCUT2D eigenvalue weighted by Crippen LogP contribution is 2.15. The van der Waals surface area contributed by atoms with Crippen molar-refractivity contribution < 1.29 is 19.4 Å². The molecule has 3 rings (SSSR count). The van der Waals surface area contributed by atoms with Crippen molar-refractivity contribution in [1.29, 1.82) is 0 Å². The van der Waals surface area contributed by atoms with Crippen LogP contribution in [0.1, 0.15) is 11.4 Å². The van der Waals surface area contributed by atoms with Gasteiger partial charge in [-0.25, -0.2) is 15.2 Å². The van der Waals surface area contributed by atoms with Gasteiger partial charge in [0, 0.05) is 0 Å². The molecule has 0 fully saturated rings. The predicted molar refractivity (Wildman–Crippen MR) is 99.8 cm³/mol. The summed E-state index contributed by atoms with van der Waals surface area (Å²) in [6, 6.07) is 14.3. The molecule has 0 atom stereocenters. The van der Waals surface area contributed by atoms with E-state index in [0.29, 0.717) is 5.75 Å². The van der Waals surface area contributed by atoms with E-state index in [2.05, 4.69) is 15.5 Å². The molecule has 0 radical (unpaired) electrons. The highest BCUT2D eigenvalue weighted by molar-refractivity contribution is 5.84. The molecule has 138 valence electrons. The van der Waals surface area contributed by atoms with Gasteiger partial charge in [-0.15, -0.1) is 0 Å². The molecule has 1 aromatic heterocycles. The number of carboxylic acid groups (broad SMARTS) is 1. The zero-order valence-electron chi connectivity index (χ0n) is 14.6. The Morgan fingerprint density at radius 2 is 1.96 bits per heavy atom. The van der Waals surface area contributed by atoms with E-state index in [1.54, 1.807) is 24.3 Å². The first kappa shape index (κ1) is 18.1. The SMILES string of the molecule is Cc1nc2ccccc2n1CC(=O)N/N=C\c1ccc(OCC(=O)O)cc1. The van der Waals surface area contributed by atoms with Gasteiger partial charge in [0.05, 0.1) is 17.2 Å². The Bertz CT molecular complexity index is 993. The van der Waals surface area contributed by atoms with Crippen molar-refractivity contribution in [2.45, 2.75) is 13.5 Å². The molecule has 2 N–H and O–H groups in total. The van der Waals surface area contributed by atoms with Gasteiger partial charge in [0.1, 0.15) is 18.1 Å². The second kappa shape index (κ2) is 8.13. The number of carboxylic acids is 1. The molecular weight excluding hydrogens is 348 g/mol. The fraction of sp³-hybridized carbons (Fsp3) is 0.158. The van der Waals surface area contributed by atoms with Gasteiger partial charge in [0.2, 0.25) is 0 Å². The molecular formula is C19H18N4O4. The molecule has 0 spiro atoms. The molecule has 8 nitrogen and oxygen atoms in total. The summed E-state index contributed by atoms with van der Waals surface area (Å²) in [5.41, 5.74) is 4.97. The number of ether oxygens (including phenoxy) is 1. The number of para-hydroxylation sites is 2. The van der Waals surface area contributed by atoms with Crippen LogP contribution in [0.2, 0.25) is 0 Å². The molecule has 0 aliphatic heterocycles. The van der Waals surface area contributed by atoms with Crippen LogP contribution in [0.15, 0.2) is 53.6 Å². The normalized spacial score (nSPS) is 11.0. The highest BCUT2D eigenvalue weighted by atomic mass is 16.5. The van der Waals surface area contributed by atoms with Crippen LogP contribution in [0, 0.1) is 6.92 Å². The molecule has 0 unspecified atom stereocenters. The summed E-state index contributed by atoms with van der Waals surface area (Å²) in [7, 11) is 0. The minimum Gasteiger partial charge on any atom is -0.482 e. The Labute approximate surface area is 155 Å². The molecule has 0 saturated heterocycles. The van der Waals surface area contributed by atoms with Crippen molar-refractivity contribution in [1.82, 2.24) is 15.0 Å². The van der Waals surface area contributed by atoms with Gasteiger partial charge in [0.25, 0.3) is 5.91 Å². The third-order valence-corrected chi connectivity index (χ3v) is 3.79. The van der Waals surface area contributed by atoms with Crippen LogP contribution in [0.4, 0.5) is 0 Å². The number of aliphatic carboxylic acids is 1. The second-order valence-corrected chi connectivity index (χ2v) is 5.78.